The van der Waals surface area contributed by atoms with Gasteiger partial charge in [-0.05, 0) is 29.8 Å². The van der Waals surface area contributed by atoms with Gasteiger partial charge < -0.3 is 10.2 Å². The standard InChI is InChI=1S/C19H22ClN5S.HI/c1-22-19(23-13-16-4-2-15(12-21)3-5-16)25-10-8-24(9-11-25)14-17-6-7-18(20)26-17;/h2-7H,8-11,13-14H2,1H3,(H,22,23);1H. The summed E-state index contributed by atoms with van der Waals surface area (Å²) < 4.78 is 0.853. The molecule has 144 valence electrons. The van der Waals surface area contributed by atoms with Crippen molar-refractivity contribution in [2.24, 2.45) is 4.99 Å². The molecule has 1 fully saturated rings. The number of nitriles is 1. The molecule has 1 aromatic heterocycles. The van der Waals surface area contributed by atoms with E-state index in [1.807, 2.05) is 37.4 Å². The highest BCUT2D eigenvalue weighted by Gasteiger charge is 2.20. The minimum Gasteiger partial charge on any atom is -0.352 e. The van der Waals surface area contributed by atoms with Gasteiger partial charge in [0.2, 0.25) is 0 Å². The normalized spacial score (nSPS) is 15.1. The number of aliphatic imine (C=N–C) groups is 1. The summed E-state index contributed by atoms with van der Waals surface area (Å²) in [5, 5.41) is 12.3. The van der Waals surface area contributed by atoms with Crippen LogP contribution in [0.25, 0.3) is 0 Å². The molecule has 27 heavy (non-hydrogen) atoms. The summed E-state index contributed by atoms with van der Waals surface area (Å²) in [7, 11) is 1.82. The number of rotatable bonds is 4. The first kappa shape index (κ1) is 22.0. The van der Waals surface area contributed by atoms with Gasteiger partial charge in [-0.1, -0.05) is 23.7 Å². The number of benzene rings is 1. The lowest BCUT2D eigenvalue weighted by molar-refractivity contribution is 0.173. The predicted molar refractivity (Wildman–Crippen MR) is 123 cm³/mol. The van der Waals surface area contributed by atoms with Crippen molar-refractivity contribution in [1.29, 1.82) is 5.26 Å². The molecule has 3 rings (SSSR count). The van der Waals surface area contributed by atoms with Crippen molar-refractivity contribution in [3.05, 3.63) is 56.7 Å². The summed E-state index contributed by atoms with van der Waals surface area (Å²) in [5.74, 6) is 0.924. The SMILES string of the molecule is CN=C(NCc1ccc(C#N)cc1)N1CCN(Cc2ccc(Cl)s2)CC1.I. The molecule has 5 nitrogen and oxygen atoms in total. The number of guanidine groups is 1. The fourth-order valence-electron chi connectivity index (χ4n) is 2.99. The van der Waals surface area contributed by atoms with Crippen LogP contribution in [0.5, 0.6) is 0 Å². The molecular weight excluding hydrogens is 493 g/mol. The van der Waals surface area contributed by atoms with Crippen LogP contribution in [0.1, 0.15) is 16.0 Å². The zero-order chi connectivity index (χ0) is 18.4. The van der Waals surface area contributed by atoms with Gasteiger partial charge in [-0.25, -0.2) is 0 Å². The van der Waals surface area contributed by atoms with Crippen LogP contribution in [-0.4, -0.2) is 49.0 Å². The monoisotopic (exact) mass is 515 g/mol. The predicted octanol–water partition coefficient (Wildman–Crippen LogP) is 3.78. The second kappa shape index (κ2) is 10.9. The third-order valence-corrected chi connectivity index (χ3v) is 5.64. The van der Waals surface area contributed by atoms with Gasteiger partial charge >= 0.3 is 0 Å². The van der Waals surface area contributed by atoms with Gasteiger partial charge in [0, 0.05) is 51.2 Å². The molecule has 1 aliphatic heterocycles. The molecule has 0 aliphatic carbocycles. The van der Waals surface area contributed by atoms with Crippen molar-refractivity contribution in [3.63, 3.8) is 0 Å². The van der Waals surface area contributed by atoms with E-state index in [2.05, 4.69) is 32.2 Å². The molecular formula is C19H23ClIN5S. The van der Waals surface area contributed by atoms with Gasteiger partial charge in [-0.15, -0.1) is 35.3 Å². The van der Waals surface area contributed by atoms with E-state index in [-0.39, 0.29) is 24.0 Å². The Balaban J connectivity index is 0.00000261. The highest BCUT2D eigenvalue weighted by atomic mass is 127. The smallest absolute Gasteiger partial charge is 0.194 e. The zero-order valence-electron chi connectivity index (χ0n) is 15.2. The first-order valence-corrected chi connectivity index (χ1v) is 9.78. The van der Waals surface area contributed by atoms with Crippen LogP contribution in [0.3, 0.4) is 0 Å². The number of halogens is 2. The van der Waals surface area contributed by atoms with E-state index < -0.39 is 0 Å². The lowest BCUT2D eigenvalue weighted by atomic mass is 10.1. The Bertz CT molecular complexity index is 791. The maximum atomic E-state index is 8.87. The Morgan fingerprint density at radius 1 is 1.19 bits per heavy atom. The Labute approximate surface area is 186 Å². The van der Waals surface area contributed by atoms with Gasteiger partial charge in [0.15, 0.2) is 5.96 Å². The van der Waals surface area contributed by atoms with Crippen molar-refractivity contribution in [2.75, 3.05) is 33.2 Å². The summed E-state index contributed by atoms with van der Waals surface area (Å²) in [6.07, 6.45) is 0. The lowest BCUT2D eigenvalue weighted by Gasteiger charge is -2.36. The van der Waals surface area contributed by atoms with E-state index in [1.165, 1.54) is 4.88 Å². The van der Waals surface area contributed by atoms with Crippen molar-refractivity contribution >= 4 is 52.9 Å². The minimum atomic E-state index is 0. The van der Waals surface area contributed by atoms with E-state index in [0.717, 1.165) is 48.6 Å². The fraction of sp³-hybridized carbons (Fsp3) is 0.368. The number of piperazine rings is 1. The topological polar surface area (TPSA) is 54.7 Å². The average Bonchev–Trinajstić information content (AvgIpc) is 3.08. The van der Waals surface area contributed by atoms with Crippen LogP contribution in [0.4, 0.5) is 0 Å². The number of thiophene rings is 1. The molecule has 0 amide bonds. The number of nitrogens with one attached hydrogen (secondary N) is 1. The summed E-state index contributed by atoms with van der Waals surface area (Å²) >= 11 is 7.67. The molecule has 8 heteroatoms. The number of hydrogen-bond donors (Lipinski definition) is 1. The first-order valence-electron chi connectivity index (χ1n) is 8.59. The third kappa shape index (κ3) is 6.35. The summed E-state index contributed by atoms with van der Waals surface area (Å²) in [6.45, 7) is 5.58. The van der Waals surface area contributed by atoms with E-state index in [4.69, 9.17) is 16.9 Å². The van der Waals surface area contributed by atoms with Crippen LogP contribution >= 0.6 is 46.9 Å². The van der Waals surface area contributed by atoms with Crippen LogP contribution in [0.2, 0.25) is 4.34 Å². The van der Waals surface area contributed by atoms with Crippen molar-refractivity contribution in [2.45, 2.75) is 13.1 Å². The Morgan fingerprint density at radius 2 is 1.89 bits per heavy atom. The molecule has 0 bridgehead atoms. The molecule has 1 aliphatic rings. The molecule has 0 radical (unpaired) electrons. The number of hydrogen-bond acceptors (Lipinski definition) is 4. The number of nitrogens with zero attached hydrogens (tertiary/aromatic N) is 4. The maximum Gasteiger partial charge on any atom is 0.194 e. The van der Waals surface area contributed by atoms with Crippen LogP contribution < -0.4 is 5.32 Å². The highest BCUT2D eigenvalue weighted by Crippen LogP contribution is 2.23. The Morgan fingerprint density at radius 3 is 2.44 bits per heavy atom. The summed E-state index contributed by atoms with van der Waals surface area (Å²) in [6, 6.07) is 13.9. The second-order valence-electron chi connectivity index (χ2n) is 6.18. The van der Waals surface area contributed by atoms with Crippen LogP contribution in [0.15, 0.2) is 41.4 Å². The highest BCUT2D eigenvalue weighted by molar-refractivity contribution is 14.0. The minimum absolute atomic E-state index is 0. The maximum absolute atomic E-state index is 8.87. The van der Waals surface area contributed by atoms with Crippen molar-refractivity contribution in [3.8, 4) is 6.07 Å². The van der Waals surface area contributed by atoms with Gasteiger partial charge in [0.1, 0.15) is 0 Å². The molecule has 0 saturated carbocycles. The van der Waals surface area contributed by atoms with Crippen LogP contribution in [-0.2, 0) is 13.1 Å². The van der Waals surface area contributed by atoms with E-state index in [9.17, 15) is 0 Å². The largest absolute Gasteiger partial charge is 0.352 e. The van der Waals surface area contributed by atoms with Gasteiger partial charge in [0.25, 0.3) is 0 Å². The third-order valence-electron chi connectivity index (χ3n) is 4.43. The average molecular weight is 516 g/mol. The quantitative estimate of drug-likeness (QED) is 0.382. The van der Waals surface area contributed by atoms with Crippen LogP contribution in [0, 0.1) is 11.3 Å². The Kier molecular flexibility index (Phi) is 8.83. The van der Waals surface area contributed by atoms with Gasteiger partial charge in [-0.3, -0.25) is 9.89 Å². The Hall–Kier alpha value is -1.34. The lowest BCUT2D eigenvalue weighted by Crippen LogP contribution is -2.51. The van der Waals surface area contributed by atoms with E-state index in [0.29, 0.717) is 12.1 Å². The molecule has 0 spiro atoms. The van der Waals surface area contributed by atoms with E-state index in [1.54, 1.807) is 11.3 Å². The summed E-state index contributed by atoms with van der Waals surface area (Å²) in [4.78, 5) is 10.5. The molecule has 0 atom stereocenters. The second-order valence-corrected chi connectivity index (χ2v) is 7.98. The molecule has 2 aromatic rings. The zero-order valence-corrected chi connectivity index (χ0v) is 19.1. The molecule has 1 aromatic carbocycles. The molecule has 1 N–H and O–H groups in total. The molecule has 2 heterocycles. The molecule has 0 unspecified atom stereocenters. The van der Waals surface area contributed by atoms with E-state index >= 15 is 0 Å². The molecule has 1 saturated heterocycles. The summed E-state index contributed by atoms with van der Waals surface area (Å²) in [5.41, 5.74) is 1.82. The van der Waals surface area contributed by atoms with Crippen molar-refractivity contribution < 1.29 is 0 Å². The first-order chi connectivity index (χ1) is 12.7. The van der Waals surface area contributed by atoms with Gasteiger partial charge in [-0.2, -0.15) is 5.26 Å². The van der Waals surface area contributed by atoms with Gasteiger partial charge in [0.05, 0.1) is 16.0 Å². The van der Waals surface area contributed by atoms with Crippen molar-refractivity contribution in [1.82, 2.24) is 15.1 Å². The fourth-order valence-corrected chi connectivity index (χ4v) is 4.12.